The van der Waals surface area contributed by atoms with E-state index in [0.717, 1.165) is 5.56 Å². The molecule has 0 spiro atoms. The Morgan fingerprint density at radius 2 is 1.96 bits per heavy atom. The van der Waals surface area contributed by atoms with E-state index in [0.29, 0.717) is 42.3 Å². The Morgan fingerprint density at radius 1 is 1.17 bits per heavy atom. The average molecular weight is 314 g/mol. The van der Waals surface area contributed by atoms with Gasteiger partial charge in [0.25, 0.3) is 0 Å². The summed E-state index contributed by atoms with van der Waals surface area (Å²) in [6.07, 6.45) is 0.975. The third-order valence-corrected chi connectivity index (χ3v) is 3.40. The number of amides is 1. The van der Waals surface area contributed by atoms with Gasteiger partial charge >= 0.3 is 0 Å². The maximum absolute atomic E-state index is 12.1. The minimum Gasteiger partial charge on any atom is -0.495 e. The van der Waals surface area contributed by atoms with Gasteiger partial charge in [0.2, 0.25) is 5.91 Å². The summed E-state index contributed by atoms with van der Waals surface area (Å²) >= 11 is 0. The molecular weight excluding hydrogens is 292 g/mol. The molecule has 23 heavy (non-hydrogen) atoms. The van der Waals surface area contributed by atoms with Crippen molar-refractivity contribution in [3.63, 3.8) is 0 Å². The highest BCUT2D eigenvalue weighted by Crippen LogP contribution is 2.25. The fourth-order valence-electron chi connectivity index (χ4n) is 2.26. The number of carbonyl (C=O) groups is 1. The molecule has 2 aromatic carbocycles. The lowest BCUT2D eigenvalue weighted by molar-refractivity contribution is -0.116. The van der Waals surface area contributed by atoms with E-state index in [1.165, 1.54) is 0 Å². The molecule has 0 bridgehead atoms. The number of nitrogens with two attached hydrogens (primary N) is 1. The van der Waals surface area contributed by atoms with Crippen molar-refractivity contribution in [3.05, 3.63) is 48.0 Å². The van der Waals surface area contributed by atoms with Gasteiger partial charge in [0, 0.05) is 6.42 Å². The van der Waals surface area contributed by atoms with Gasteiger partial charge in [-0.05, 0) is 43.2 Å². The molecule has 0 aliphatic heterocycles. The zero-order chi connectivity index (χ0) is 16.7. The Bertz CT molecular complexity index is 671. The summed E-state index contributed by atoms with van der Waals surface area (Å²) in [5.74, 6) is 1.26. The minimum atomic E-state index is -0.0634. The lowest BCUT2D eigenvalue weighted by Crippen LogP contribution is -2.13. The van der Waals surface area contributed by atoms with E-state index in [1.54, 1.807) is 7.11 Å². The van der Waals surface area contributed by atoms with E-state index in [1.807, 2.05) is 49.4 Å². The molecule has 0 heterocycles. The zero-order valence-electron chi connectivity index (χ0n) is 13.5. The van der Waals surface area contributed by atoms with Crippen molar-refractivity contribution in [3.8, 4) is 11.5 Å². The average Bonchev–Trinajstić information content (AvgIpc) is 2.55. The van der Waals surface area contributed by atoms with Crippen LogP contribution >= 0.6 is 0 Å². The predicted molar refractivity (Wildman–Crippen MR) is 92.0 cm³/mol. The quantitative estimate of drug-likeness (QED) is 0.769. The van der Waals surface area contributed by atoms with Gasteiger partial charge in [-0.1, -0.05) is 18.2 Å². The van der Waals surface area contributed by atoms with E-state index in [9.17, 15) is 4.79 Å². The Hall–Kier alpha value is -2.69. The molecule has 5 heteroatoms. The van der Waals surface area contributed by atoms with Crippen molar-refractivity contribution < 1.29 is 14.3 Å². The molecule has 3 N–H and O–H groups in total. The number of nitrogens with one attached hydrogen (secondary N) is 1. The summed E-state index contributed by atoms with van der Waals surface area (Å²) in [4.78, 5) is 12.1. The number of rotatable bonds is 7. The Morgan fingerprint density at radius 3 is 2.65 bits per heavy atom. The Kier molecular flexibility index (Phi) is 5.86. The van der Waals surface area contributed by atoms with Crippen molar-refractivity contribution in [1.29, 1.82) is 0 Å². The van der Waals surface area contributed by atoms with Crippen LogP contribution in [0.1, 0.15) is 18.9 Å². The van der Waals surface area contributed by atoms with Gasteiger partial charge in [0.15, 0.2) is 0 Å². The topological polar surface area (TPSA) is 73.6 Å². The standard InChI is InChI=1S/C18H22N2O3/c1-3-23-17-7-5-4-6-15(17)20-18(21)11-9-13-8-10-16(22-2)14(19)12-13/h4-8,10,12H,3,9,11,19H2,1-2H3,(H,20,21). The first-order valence-corrected chi connectivity index (χ1v) is 7.58. The van der Waals surface area contributed by atoms with E-state index in [-0.39, 0.29) is 5.91 Å². The van der Waals surface area contributed by atoms with Gasteiger partial charge in [0.05, 0.1) is 25.1 Å². The largest absolute Gasteiger partial charge is 0.495 e. The first-order chi connectivity index (χ1) is 11.1. The highest BCUT2D eigenvalue weighted by atomic mass is 16.5. The number of anilines is 2. The number of methoxy groups -OCH3 is 1. The molecule has 0 atom stereocenters. The van der Waals surface area contributed by atoms with Gasteiger partial charge in [0.1, 0.15) is 11.5 Å². The lowest BCUT2D eigenvalue weighted by Gasteiger charge is -2.11. The van der Waals surface area contributed by atoms with Crippen LogP contribution in [0.5, 0.6) is 11.5 Å². The molecule has 2 rings (SSSR count). The SMILES string of the molecule is CCOc1ccccc1NC(=O)CCc1ccc(OC)c(N)c1. The van der Waals surface area contributed by atoms with E-state index < -0.39 is 0 Å². The van der Waals surface area contributed by atoms with Crippen LogP contribution in [0.3, 0.4) is 0 Å². The fraction of sp³-hybridized carbons (Fsp3) is 0.278. The van der Waals surface area contributed by atoms with Crippen LogP contribution in [0.4, 0.5) is 11.4 Å². The number of para-hydroxylation sites is 2. The van der Waals surface area contributed by atoms with E-state index in [4.69, 9.17) is 15.2 Å². The number of hydrogen-bond donors (Lipinski definition) is 2. The van der Waals surface area contributed by atoms with Gasteiger partial charge in [-0.15, -0.1) is 0 Å². The molecule has 0 aliphatic rings. The Labute approximate surface area is 136 Å². The molecule has 0 fully saturated rings. The van der Waals surface area contributed by atoms with Crippen LogP contribution in [0.15, 0.2) is 42.5 Å². The van der Waals surface area contributed by atoms with Crippen molar-refractivity contribution in [1.82, 2.24) is 0 Å². The number of hydrogen-bond acceptors (Lipinski definition) is 4. The number of aryl methyl sites for hydroxylation is 1. The first-order valence-electron chi connectivity index (χ1n) is 7.58. The monoisotopic (exact) mass is 314 g/mol. The highest BCUT2D eigenvalue weighted by Gasteiger charge is 2.08. The molecule has 2 aromatic rings. The number of ether oxygens (including phenoxy) is 2. The van der Waals surface area contributed by atoms with Crippen LogP contribution < -0.4 is 20.5 Å². The summed E-state index contributed by atoms with van der Waals surface area (Å²) in [5, 5.41) is 2.88. The third-order valence-electron chi connectivity index (χ3n) is 3.40. The molecule has 0 saturated carbocycles. The normalized spacial score (nSPS) is 10.2. The summed E-state index contributed by atoms with van der Waals surface area (Å²) in [6, 6.07) is 13.0. The number of carbonyl (C=O) groups excluding carboxylic acids is 1. The lowest BCUT2D eigenvalue weighted by atomic mass is 10.1. The van der Waals surface area contributed by atoms with Crippen molar-refractivity contribution in [2.45, 2.75) is 19.8 Å². The number of benzene rings is 2. The van der Waals surface area contributed by atoms with Gasteiger partial charge < -0.3 is 20.5 Å². The second-order valence-electron chi connectivity index (χ2n) is 5.05. The van der Waals surface area contributed by atoms with Crippen LogP contribution in [0.25, 0.3) is 0 Å². The molecule has 0 aromatic heterocycles. The van der Waals surface area contributed by atoms with Crippen LogP contribution in [-0.2, 0) is 11.2 Å². The number of nitrogen functional groups attached to an aromatic ring is 1. The minimum absolute atomic E-state index is 0.0634. The van der Waals surface area contributed by atoms with Gasteiger partial charge in [-0.25, -0.2) is 0 Å². The van der Waals surface area contributed by atoms with E-state index >= 15 is 0 Å². The summed E-state index contributed by atoms with van der Waals surface area (Å²) in [5.41, 5.74) is 8.13. The van der Waals surface area contributed by atoms with Crippen LogP contribution in [0.2, 0.25) is 0 Å². The summed E-state index contributed by atoms with van der Waals surface area (Å²) in [7, 11) is 1.58. The van der Waals surface area contributed by atoms with Crippen molar-refractivity contribution >= 4 is 17.3 Å². The first kappa shape index (κ1) is 16.7. The molecular formula is C18H22N2O3. The second kappa shape index (κ2) is 8.08. The maximum atomic E-state index is 12.1. The molecule has 0 aliphatic carbocycles. The zero-order valence-corrected chi connectivity index (χ0v) is 13.5. The molecule has 5 nitrogen and oxygen atoms in total. The molecule has 1 amide bonds. The maximum Gasteiger partial charge on any atom is 0.224 e. The molecule has 0 unspecified atom stereocenters. The predicted octanol–water partition coefficient (Wildman–Crippen LogP) is 3.25. The van der Waals surface area contributed by atoms with Crippen molar-refractivity contribution in [2.24, 2.45) is 0 Å². The highest BCUT2D eigenvalue weighted by molar-refractivity contribution is 5.92. The second-order valence-corrected chi connectivity index (χ2v) is 5.05. The van der Waals surface area contributed by atoms with Crippen LogP contribution in [-0.4, -0.2) is 19.6 Å². The smallest absolute Gasteiger partial charge is 0.224 e. The molecule has 122 valence electrons. The summed E-state index contributed by atoms with van der Waals surface area (Å²) in [6.45, 7) is 2.46. The molecule has 0 saturated heterocycles. The van der Waals surface area contributed by atoms with E-state index in [2.05, 4.69) is 5.32 Å². The van der Waals surface area contributed by atoms with Gasteiger partial charge in [-0.3, -0.25) is 4.79 Å². The summed E-state index contributed by atoms with van der Waals surface area (Å²) < 4.78 is 10.6. The van der Waals surface area contributed by atoms with Gasteiger partial charge in [-0.2, -0.15) is 0 Å². The van der Waals surface area contributed by atoms with Crippen LogP contribution in [0, 0.1) is 0 Å². The fourth-order valence-corrected chi connectivity index (χ4v) is 2.26. The third kappa shape index (κ3) is 4.64. The Balaban J connectivity index is 1.94. The van der Waals surface area contributed by atoms with Crippen molar-refractivity contribution in [2.75, 3.05) is 24.8 Å². The molecule has 0 radical (unpaired) electrons.